The molecule has 1 aromatic carbocycles. The predicted octanol–water partition coefficient (Wildman–Crippen LogP) is 3.58. The molecule has 0 spiro atoms. The minimum absolute atomic E-state index is 0.119. The Labute approximate surface area is 166 Å². The number of methoxy groups -OCH3 is 1. The Morgan fingerprint density at radius 1 is 1.52 bits per heavy atom. The lowest BCUT2D eigenvalue weighted by atomic mass is 10.2. The summed E-state index contributed by atoms with van der Waals surface area (Å²) < 4.78 is 12.9. The number of nitrogens with zero attached hydrogens (tertiary/aromatic N) is 3. The Bertz CT molecular complexity index is 927. The van der Waals surface area contributed by atoms with Crippen LogP contribution in [0.15, 0.2) is 23.2 Å². The standard InChI is InChI=1S/C19H22ClN3O3S/c1-19(7-8-19)17-22-23(11-13-4-3-9-26-13)18(27-17)21-16(24)14-10-12(20)5-6-15(14)25-2/h5-6,10,13H,3-4,7-9,11H2,1-2H3/b21-18-/t13-/m1/s1. The Kier molecular flexibility index (Phi) is 5.09. The molecule has 1 amide bonds. The minimum Gasteiger partial charge on any atom is -0.496 e. The molecule has 4 rings (SSSR count). The van der Waals surface area contributed by atoms with Crippen LogP contribution in [0.25, 0.3) is 0 Å². The molecule has 8 heteroatoms. The number of carbonyl (C=O) groups excluding carboxylic acids is 1. The summed E-state index contributed by atoms with van der Waals surface area (Å²) in [5.41, 5.74) is 0.467. The molecule has 0 unspecified atom stereocenters. The predicted molar refractivity (Wildman–Crippen MR) is 104 cm³/mol. The maximum atomic E-state index is 12.8. The highest BCUT2D eigenvalue weighted by atomic mass is 35.5. The van der Waals surface area contributed by atoms with Crippen molar-refractivity contribution in [3.63, 3.8) is 0 Å². The molecule has 1 aliphatic carbocycles. The molecule has 2 heterocycles. The number of hydrogen-bond acceptors (Lipinski definition) is 5. The van der Waals surface area contributed by atoms with E-state index in [1.54, 1.807) is 18.2 Å². The Morgan fingerprint density at radius 3 is 3.00 bits per heavy atom. The Balaban J connectivity index is 1.71. The number of amides is 1. The van der Waals surface area contributed by atoms with E-state index in [1.165, 1.54) is 18.4 Å². The van der Waals surface area contributed by atoms with Crippen LogP contribution in [-0.4, -0.2) is 35.5 Å². The average Bonchev–Trinajstić information content (AvgIpc) is 3.05. The van der Waals surface area contributed by atoms with Crippen LogP contribution in [0.5, 0.6) is 5.75 Å². The topological polar surface area (TPSA) is 65.7 Å². The number of aromatic nitrogens is 2. The minimum atomic E-state index is -0.383. The van der Waals surface area contributed by atoms with E-state index in [4.69, 9.17) is 26.2 Å². The fourth-order valence-corrected chi connectivity index (χ4v) is 4.42. The molecule has 0 N–H and O–H groups in total. The van der Waals surface area contributed by atoms with Gasteiger partial charge in [-0.1, -0.05) is 29.9 Å². The summed E-state index contributed by atoms with van der Waals surface area (Å²) in [5.74, 6) is 0.0734. The van der Waals surface area contributed by atoms with Gasteiger partial charge in [0.15, 0.2) is 0 Å². The van der Waals surface area contributed by atoms with Gasteiger partial charge in [0.2, 0.25) is 4.80 Å². The van der Waals surface area contributed by atoms with Gasteiger partial charge in [0.05, 0.1) is 25.3 Å². The monoisotopic (exact) mass is 407 g/mol. The van der Waals surface area contributed by atoms with Gasteiger partial charge in [-0.15, -0.1) is 0 Å². The molecule has 1 saturated carbocycles. The van der Waals surface area contributed by atoms with Gasteiger partial charge in [0, 0.05) is 17.0 Å². The second kappa shape index (κ2) is 7.37. The summed E-state index contributed by atoms with van der Waals surface area (Å²) in [6.07, 6.45) is 4.44. The average molecular weight is 408 g/mol. The molecular weight excluding hydrogens is 386 g/mol. The molecule has 1 saturated heterocycles. The summed E-state index contributed by atoms with van der Waals surface area (Å²) in [5, 5.41) is 6.27. The van der Waals surface area contributed by atoms with Crippen molar-refractivity contribution >= 4 is 28.8 Å². The first-order valence-corrected chi connectivity index (χ1v) is 10.3. The molecule has 0 bridgehead atoms. The molecule has 27 heavy (non-hydrogen) atoms. The number of rotatable bonds is 5. The lowest BCUT2D eigenvalue weighted by Gasteiger charge is -2.09. The van der Waals surface area contributed by atoms with Crippen molar-refractivity contribution in [2.75, 3.05) is 13.7 Å². The Hall–Kier alpha value is -1.70. The van der Waals surface area contributed by atoms with Gasteiger partial charge in [0.25, 0.3) is 5.91 Å². The van der Waals surface area contributed by atoms with Crippen LogP contribution in [0.4, 0.5) is 0 Å². The van der Waals surface area contributed by atoms with Crippen LogP contribution in [0.2, 0.25) is 5.02 Å². The third-order valence-electron chi connectivity index (χ3n) is 5.13. The van der Waals surface area contributed by atoms with Gasteiger partial charge in [0.1, 0.15) is 10.8 Å². The summed E-state index contributed by atoms with van der Waals surface area (Å²) in [7, 11) is 1.52. The van der Waals surface area contributed by atoms with E-state index in [-0.39, 0.29) is 17.4 Å². The van der Waals surface area contributed by atoms with Gasteiger partial charge >= 0.3 is 0 Å². The van der Waals surface area contributed by atoms with Gasteiger partial charge < -0.3 is 9.47 Å². The maximum Gasteiger partial charge on any atom is 0.283 e. The van der Waals surface area contributed by atoms with Crippen molar-refractivity contribution in [1.29, 1.82) is 0 Å². The summed E-state index contributed by atoms with van der Waals surface area (Å²) >= 11 is 7.54. The number of carbonyl (C=O) groups is 1. The van der Waals surface area contributed by atoms with Crippen molar-refractivity contribution in [1.82, 2.24) is 9.78 Å². The van der Waals surface area contributed by atoms with Crippen LogP contribution in [0, 0.1) is 0 Å². The van der Waals surface area contributed by atoms with Gasteiger partial charge in [-0.3, -0.25) is 4.79 Å². The van der Waals surface area contributed by atoms with E-state index >= 15 is 0 Å². The second-order valence-electron chi connectivity index (χ2n) is 7.33. The fourth-order valence-electron chi connectivity index (χ4n) is 3.13. The lowest BCUT2D eigenvalue weighted by molar-refractivity contribution is 0.0918. The molecule has 2 aliphatic rings. The summed E-state index contributed by atoms with van der Waals surface area (Å²) in [6.45, 7) is 3.60. The van der Waals surface area contributed by atoms with Gasteiger partial charge in [-0.2, -0.15) is 10.1 Å². The van der Waals surface area contributed by atoms with E-state index in [0.717, 1.165) is 37.3 Å². The molecule has 6 nitrogen and oxygen atoms in total. The molecule has 1 aliphatic heterocycles. The molecule has 0 radical (unpaired) electrons. The summed E-state index contributed by atoms with van der Waals surface area (Å²) in [6, 6.07) is 4.95. The highest BCUT2D eigenvalue weighted by Gasteiger charge is 2.42. The smallest absolute Gasteiger partial charge is 0.283 e. The SMILES string of the molecule is COc1ccc(Cl)cc1C(=O)/N=c1\sc(C2(C)CC2)nn1C[C@H]1CCCO1. The van der Waals surface area contributed by atoms with E-state index in [2.05, 4.69) is 11.9 Å². The first kappa shape index (κ1) is 18.7. The summed E-state index contributed by atoms with van der Waals surface area (Å²) in [4.78, 5) is 17.8. The molecule has 144 valence electrons. The Morgan fingerprint density at radius 2 is 2.33 bits per heavy atom. The van der Waals surface area contributed by atoms with Crippen LogP contribution in [0.3, 0.4) is 0 Å². The lowest BCUT2D eigenvalue weighted by Crippen LogP contribution is -2.25. The van der Waals surface area contributed by atoms with E-state index in [1.807, 2.05) is 4.68 Å². The van der Waals surface area contributed by atoms with Crippen molar-refractivity contribution in [3.05, 3.63) is 38.6 Å². The van der Waals surface area contributed by atoms with Crippen molar-refractivity contribution in [2.24, 2.45) is 4.99 Å². The highest BCUT2D eigenvalue weighted by molar-refractivity contribution is 7.09. The van der Waals surface area contributed by atoms with E-state index in [9.17, 15) is 4.79 Å². The molecule has 1 atom stereocenters. The number of hydrogen-bond donors (Lipinski definition) is 0. The number of halogens is 1. The molecular formula is C19H22ClN3O3S. The number of ether oxygens (including phenoxy) is 2. The fraction of sp³-hybridized carbons (Fsp3) is 0.526. The van der Waals surface area contributed by atoms with Gasteiger partial charge in [-0.05, 0) is 43.9 Å². The van der Waals surface area contributed by atoms with Crippen molar-refractivity contribution in [3.8, 4) is 5.75 Å². The first-order chi connectivity index (χ1) is 13.0. The van der Waals surface area contributed by atoms with E-state index in [0.29, 0.717) is 27.7 Å². The zero-order chi connectivity index (χ0) is 19.0. The zero-order valence-electron chi connectivity index (χ0n) is 15.4. The molecule has 2 aromatic rings. The maximum absolute atomic E-state index is 12.8. The van der Waals surface area contributed by atoms with E-state index < -0.39 is 0 Å². The molecule has 1 aromatic heterocycles. The van der Waals surface area contributed by atoms with Gasteiger partial charge in [-0.25, -0.2) is 4.68 Å². The molecule has 2 fully saturated rings. The highest BCUT2D eigenvalue weighted by Crippen LogP contribution is 2.47. The van der Waals surface area contributed by atoms with Crippen LogP contribution in [-0.2, 0) is 16.7 Å². The quantitative estimate of drug-likeness (QED) is 0.759. The van der Waals surface area contributed by atoms with Crippen molar-refractivity contribution < 1.29 is 14.3 Å². The largest absolute Gasteiger partial charge is 0.496 e. The zero-order valence-corrected chi connectivity index (χ0v) is 17.0. The van der Waals surface area contributed by atoms with Crippen LogP contribution < -0.4 is 9.54 Å². The number of benzene rings is 1. The third kappa shape index (κ3) is 3.95. The van der Waals surface area contributed by atoms with Crippen molar-refractivity contribution in [2.45, 2.75) is 50.7 Å². The third-order valence-corrected chi connectivity index (χ3v) is 6.61. The normalized spacial score (nSPS) is 21.4. The van der Waals surface area contributed by atoms with Crippen LogP contribution >= 0.6 is 22.9 Å². The first-order valence-electron chi connectivity index (χ1n) is 9.11. The second-order valence-corrected chi connectivity index (χ2v) is 8.72. The van der Waals surface area contributed by atoms with Crippen LogP contribution in [0.1, 0.15) is 48.0 Å².